The number of nitrogens with one attached hydrogen (secondary N) is 7. The summed E-state index contributed by atoms with van der Waals surface area (Å²) in [7, 11) is 2.71. The van der Waals surface area contributed by atoms with Gasteiger partial charge in [0.2, 0.25) is 47.3 Å². The molecule has 0 unspecified atom stereocenters. The molecule has 0 aromatic heterocycles. The van der Waals surface area contributed by atoms with Crippen LogP contribution < -0.4 is 59.2 Å². The number of nitrogens with two attached hydrogens (primary N) is 3. The lowest BCUT2D eigenvalue weighted by Crippen LogP contribution is -2.61. The molecule has 1 saturated heterocycles. The summed E-state index contributed by atoms with van der Waals surface area (Å²) in [6, 6.07) is 9.02. The van der Waals surface area contributed by atoms with Gasteiger partial charge in [-0.3, -0.25) is 38.4 Å². The van der Waals surface area contributed by atoms with Gasteiger partial charge < -0.3 is 59.2 Å². The van der Waals surface area contributed by atoms with Gasteiger partial charge in [0.1, 0.15) is 36.0 Å². The molecule has 380 valence electrons. The van der Waals surface area contributed by atoms with Crippen LogP contribution in [0.5, 0.6) is 5.75 Å². The third-order valence-corrected chi connectivity index (χ3v) is 15.2. The summed E-state index contributed by atoms with van der Waals surface area (Å²) in [5.41, 5.74) is 18.6. The predicted molar refractivity (Wildman–Crippen MR) is 267 cm³/mol. The van der Waals surface area contributed by atoms with Gasteiger partial charge in [0.05, 0.1) is 19.1 Å². The van der Waals surface area contributed by atoms with Crippen LogP contribution in [0.3, 0.4) is 0 Å². The molecular formula is C48H72N10O9S2. The molecule has 1 aliphatic carbocycles. The van der Waals surface area contributed by atoms with Crippen LogP contribution in [0.4, 0.5) is 0 Å². The van der Waals surface area contributed by atoms with Crippen molar-refractivity contribution in [1.29, 1.82) is 0 Å². The van der Waals surface area contributed by atoms with Crippen molar-refractivity contribution < 1.29 is 43.1 Å². The minimum absolute atomic E-state index is 0.00251. The molecule has 21 heteroatoms. The van der Waals surface area contributed by atoms with Crippen molar-refractivity contribution in [2.24, 2.45) is 23.1 Å². The standard InChI is InChI=1S/C48H72N10O9S2/c1-4-67-33-18-16-32(17-19-33)26-35-44(63)55-36(25-31-13-7-5-8-14-31)46(65)58-41(30(2)3)47(66)56-37(27-39(51)59)45(64)57-38(29-68-69-48(28-40(60)54-35)20-10-6-11-21-48)43(62)53-24-23-52-42(61)34(50)15-9-12-22-49/h5,7-8,13-14,16-19,30,34-38,41H,4,6,9-12,15,20-29,49-50H2,1-3H3,(H2,51,59)(H,52,61)(H,53,62)(H,54,60)(H,55,63)(H,56,66)(H,57,64)(H,58,65)/t34-,35-,36+,37+,38+,41+/m1/s1. The number of carbonyl (C=O) groups excluding carboxylic acids is 8. The average Bonchev–Trinajstić information content (AvgIpc) is 3.31. The van der Waals surface area contributed by atoms with Gasteiger partial charge in [-0.05, 0) is 68.3 Å². The first-order valence-corrected chi connectivity index (χ1v) is 26.2. The monoisotopic (exact) mass is 996 g/mol. The summed E-state index contributed by atoms with van der Waals surface area (Å²) in [5, 5.41) is 19.3. The summed E-state index contributed by atoms with van der Waals surface area (Å²) < 4.78 is 5.01. The minimum Gasteiger partial charge on any atom is -0.494 e. The summed E-state index contributed by atoms with van der Waals surface area (Å²) in [4.78, 5) is 110. The highest BCUT2D eigenvalue weighted by Crippen LogP contribution is 2.48. The van der Waals surface area contributed by atoms with E-state index in [0.29, 0.717) is 50.1 Å². The van der Waals surface area contributed by atoms with Gasteiger partial charge >= 0.3 is 0 Å². The fourth-order valence-corrected chi connectivity index (χ4v) is 11.5. The second-order valence-electron chi connectivity index (χ2n) is 17.9. The van der Waals surface area contributed by atoms with Crippen LogP contribution in [0.1, 0.15) is 96.1 Å². The van der Waals surface area contributed by atoms with Crippen molar-refractivity contribution in [2.45, 2.75) is 139 Å². The molecule has 4 rings (SSSR count). The van der Waals surface area contributed by atoms with Crippen LogP contribution in [-0.2, 0) is 51.2 Å². The number of unbranched alkanes of at least 4 members (excludes halogenated alkanes) is 1. The van der Waals surface area contributed by atoms with Gasteiger partial charge in [0.15, 0.2) is 0 Å². The second kappa shape index (κ2) is 29.0. The Bertz CT molecular complexity index is 2020. The number of rotatable bonds is 18. The second-order valence-corrected chi connectivity index (χ2v) is 20.7. The predicted octanol–water partition coefficient (Wildman–Crippen LogP) is 1.00. The normalized spacial score (nSPS) is 22.5. The number of benzene rings is 2. The Morgan fingerprint density at radius 2 is 1.38 bits per heavy atom. The Balaban J connectivity index is 1.69. The van der Waals surface area contributed by atoms with Crippen LogP contribution in [-0.4, -0.2) is 120 Å². The highest BCUT2D eigenvalue weighted by atomic mass is 33.1. The van der Waals surface area contributed by atoms with Crippen LogP contribution in [0.15, 0.2) is 54.6 Å². The van der Waals surface area contributed by atoms with Crippen molar-refractivity contribution in [1.82, 2.24) is 37.2 Å². The quantitative estimate of drug-likeness (QED) is 0.0738. The fraction of sp³-hybridized carbons (Fsp3) is 0.583. The van der Waals surface area contributed by atoms with E-state index in [1.165, 1.54) is 21.6 Å². The maximum absolute atomic E-state index is 14.5. The lowest BCUT2D eigenvalue weighted by molar-refractivity contribution is -0.136. The van der Waals surface area contributed by atoms with Gasteiger partial charge in [-0.1, -0.05) is 104 Å². The lowest BCUT2D eigenvalue weighted by Gasteiger charge is -2.36. The molecule has 0 bridgehead atoms. The van der Waals surface area contributed by atoms with E-state index in [9.17, 15) is 38.4 Å². The highest BCUT2D eigenvalue weighted by Gasteiger charge is 2.39. The molecule has 6 atom stereocenters. The largest absolute Gasteiger partial charge is 0.494 e. The van der Waals surface area contributed by atoms with E-state index in [4.69, 9.17) is 21.9 Å². The van der Waals surface area contributed by atoms with E-state index >= 15 is 0 Å². The van der Waals surface area contributed by atoms with Gasteiger partial charge in [0, 0.05) is 42.9 Å². The number of hydrogen-bond donors (Lipinski definition) is 10. The molecule has 1 aliphatic heterocycles. The van der Waals surface area contributed by atoms with Crippen molar-refractivity contribution >= 4 is 68.8 Å². The fourth-order valence-electron chi connectivity index (χ4n) is 8.10. The molecule has 2 aromatic rings. The molecule has 13 N–H and O–H groups in total. The van der Waals surface area contributed by atoms with E-state index in [0.717, 1.165) is 31.2 Å². The lowest BCUT2D eigenvalue weighted by atomic mass is 9.85. The van der Waals surface area contributed by atoms with Gasteiger partial charge in [-0.2, -0.15) is 0 Å². The van der Waals surface area contributed by atoms with Gasteiger partial charge in [-0.15, -0.1) is 0 Å². The molecule has 19 nitrogen and oxygen atoms in total. The summed E-state index contributed by atoms with van der Waals surface area (Å²) >= 11 is 0. The molecule has 69 heavy (non-hydrogen) atoms. The maximum atomic E-state index is 14.5. The van der Waals surface area contributed by atoms with Crippen molar-refractivity contribution in [3.05, 3.63) is 65.7 Å². The maximum Gasteiger partial charge on any atom is 0.243 e. The Kier molecular flexibility index (Phi) is 23.6. The number of hydrogen-bond acceptors (Lipinski definition) is 13. The van der Waals surface area contributed by atoms with Crippen LogP contribution in [0.2, 0.25) is 0 Å². The third-order valence-electron chi connectivity index (χ3n) is 11.9. The average molecular weight is 997 g/mol. The molecule has 2 aromatic carbocycles. The zero-order chi connectivity index (χ0) is 50.3. The van der Waals surface area contributed by atoms with E-state index in [2.05, 4.69) is 37.2 Å². The minimum atomic E-state index is -1.55. The first-order chi connectivity index (χ1) is 33.0. The van der Waals surface area contributed by atoms with E-state index in [1.54, 1.807) is 50.2 Å². The number of amides is 8. The van der Waals surface area contributed by atoms with E-state index < -0.39 is 88.8 Å². The Labute approximate surface area is 413 Å². The molecule has 1 heterocycles. The van der Waals surface area contributed by atoms with Crippen molar-refractivity contribution in [3.63, 3.8) is 0 Å². The SMILES string of the molecule is CCOc1ccc(C[C@H]2NC(=O)CC3(CCCCC3)SSC[C@@H](C(=O)NCCNC(=O)[C@H](N)CCCCN)NC(=O)[C@H](CC(N)=O)NC(=O)[C@H](C(C)C)NC(=O)[C@H](Cc3ccccc3)NC2=O)cc1. The Morgan fingerprint density at radius 3 is 2.01 bits per heavy atom. The summed E-state index contributed by atoms with van der Waals surface area (Å²) in [6.07, 6.45) is 5.32. The first kappa shape index (κ1) is 56.2. The molecule has 1 saturated carbocycles. The van der Waals surface area contributed by atoms with Crippen LogP contribution in [0, 0.1) is 5.92 Å². The zero-order valence-electron chi connectivity index (χ0n) is 40.0. The highest BCUT2D eigenvalue weighted by molar-refractivity contribution is 8.77. The number of ether oxygens (including phenoxy) is 1. The van der Waals surface area contributed by atoms with Crippen molar-refractivity contribution in [2.75, 3.05) is 32.0 Å². The molecule has 2 fully saturated rings. The Hall–Kier alpha value is -5.38. The smallest absolute Gasteiger partial charge is 0.243 e. The number of primary amides is 1. The molecule has 8 amide bonds. The third kappa shape index (κ3) is 19.1. The summed E-state index contributed by atoms with van der Waals surface area (Å²) in [6.45, 7) is 6.20. The zero-order valence-corrected chi connectivity index (χ0v) is 41.6. The van der Waals surface area contributed by atoms with Crippen LogP contribution in [0.25, 0.3) is 0 Å². The van der Waals surface area contributed by atoms with E-state index in [-0.39, 0.29) is 49.9 Å². The first-order valence-electron chi connectivity index (χ1n) is 23.9. The van der Waals surface area contributed by atoms with Gasteiger partial charge in [-0.25, -0.2) is 0 Å². The Morgan fingerprint density at radius 1 is 0.768 bits per heavy atom. The van der Waals surface area contributed by atoms with Crippen molar-refractivity contribution in [3.8, 4) is 5.75 Å². The molecular weight excluding hydrogens is 925 g/mol. The number of carbonyl (C=O) groups is 8. The summed E-state index contributed by atoms with van der Waals surface area (Å²) in [5.74, 6) is -5.26. The van der Waals surface area contributed by atoms with Crippen LogP contribution >= 0.6 is 21.6 Å². The molecule has 2 aliphatic rings. The van der Waals surface area contributed by atoms with Gasteiger partial charge in [0.25, 0.3) is 0 Å². The topological polar surface area (TPSA) is 308 Å². The van der Waals surface area contributed by atoms with E-state index in [1.807, 2.05) is 25.1 Å². The molecule has 1 spiro atoms. The molecule has 0 radical (unpaired) electrons.